The van der Waals surface area contributed by atoms with Crippen molar-refractivity contribution in [3.05, 3.63) is 5.53 Å². The van der Waals surface area contributed by atoms with Gasteiger partial charge in [-0.1, -0.05) is 12.8 Å². The number of carbonyl (C=O) groups is 2. The van der Waals surface area contributed by atoms with Crippen LogP contribution in [0.1, 0.15) is 46.5 Å². The van der Waals surface area contributed by atoms with Crippen LogP contribution in [0, 0.1) is 5.92 Å². The summed E-state index contributed by atoms with van der Waals surface area (Å²) < 4.78 is 5.22. The minimum Gasteiger partial charge on any atom is -0.437 e. The maximum atomic E-state index is 11.8. The Bertz CT molecular complexity index is 388. The van der Waals surface area contributed by atoms with Gasteiger partial charge < -0.3 is 15.6 Å². The second-order valence-electron chi connectivity index (χ2n) is 5.89. The summed E-state index contributed by atoms with van der Waals surface area (Å²) in [5, 5.41) is 2.65. The fourth-order valence-corrected chi connectivity index (χ4v) is 2.23. The Balaban J connectivity index is 2.71. The third kappa shape index (κ3) is 5.22. The van der Waals surface area contributed by atoms with Gasteiger partial charge >= 0.3 is 12.3 Å². The molecule has 0 aromatic rings. The van der Waals surface area contributed by atoms with Gasteiger partial charge in [0.1, 0.15) is 0 Å². The number of nitrogens with zero attached hydrogens (tertiary/aromatic N) is 2. The van der Waals surface area contributed by atoms with Crippen molar-refractivity contribution in [3.63, 3.8) is 0 Å². The molecule has 1 saturated carbocycles. The van der Waals surface area contributed by atoms with Crippen LogP contribution in [0.15, 0.2) is 0 Å². The number of hydrogen-bond acceptors (Lipinski definition) is 3. The van der Waals surface area contributed by atoms with Gasteiger partial charge in [-0.05, 0) is 33.6 Å². The van der Waals surface area contributed by atoms with Gasteiger partial charge in [0.15, 0.2) is 6.10 Å². The Labute approximate surface area is 113 Å². The highest BCUT2D eigenvalue weighted by Crippen LogP contribution is 2.29. The predicted octanol–water partition coefficient (Wildman–Crippen LogP) is 1.94. The van der Waals surface area contributed by atoms with Crippen LogP contribution < -0.4 is 5.32 Å². The number of rotatable bonds is 4. The van der Waals surface area contributed by atoms with Gasteiger partial charge in [0, 0.05) is 11.5 Å². The van der Waals surface area contributed by atoms with Crippen molar-refractivity contribution in [2.24, 2.45) is 5.92 Å². The maximum Gasteiger partial charge on any atom is 0.408 e. The number of carbonyl (C=O) groups excluding carboxylic acids is 2. The Morgan fingerprint density at radius 3 is 2.42 bits per heavy atom. The van der Waals surface area contributed by atoms with E-state index in [0.717, 1.165) is 31.9 Å². The molecule has 0 aromatic carbocycles. The molecule has 0 aliphatic heterocycles. The molecule has 1 N–H and O–H groups in total. The molecule has 0 bridgehead atoms. The Morgan fingerprint density at radius 2 is 1.95 bits per heavy atom. The van der Waals surface area contributed by atoms with Crippen LogP contribution in [0.2, 0.25) is 0 Å². The fourth-order valence-electron chi connectivity index (χ4n) is 2.23. The van der Waals surface area contributed by atoms with Crippen molar-refractivity contribution < 1.29 is 19.1 Å². The molecule has 0 aromatic heterocycles. The van der Waals surface area contributed by atoms with Gasteiger partial charge in [-0.15, -0.1) is 0 Å². The molecule has 6 nitrogen and oxygen atoms in total. The van der Waals surface area contributed by atoms with Gasteiger partial charge in [0.05, 0.1) is 0 Å². The Hall–Kier alpha value is -1.68. The summed E-state index contributed by atoms with van der Waals surface area (Å²) in [6, 6.07) is 0. The van der Waals surface area contributed by atoms with E-state index in [9.17, 15) is 9.59 Å². The average Bonchev–Trinajstić information content (AvgIpc) is 2.76. The fraction of sp³-hybridized carbons (Fsp3) is 0.769. The summed E-state index contributed by atoms with van der Waals surface area (Å²) in [5.74, 6) is -0.463. The Kier molecular flexibility index (Phi) is 5.24. The van der Waals surface area contributed by atoms with E-state index in [-0.39, 0.29) is 5.92 Å². The molecular weight excluding hydrogens is 246 g/mol. The normalized spacial score (nSPS) is 17.4. The number of hydrogen-bond donors (Lipinski definition) is 1. The van der Waals surface area contributed by atoms with Gasteiger partial charge in [-0.2, -0.15) is 4.79 Å². The van der Waals surface area contributed by atoms with E-state index in [1.54, 1.807) is 0 Å². The number of Topliss-reactive ketones (excluding diaryl/α,β-unsaturated/α-hetero) is 1. The zero-order valence-corrected chi connectivity index (χ0v) is 11.7. The second-order valence-corrected chi connectivity index (χ2v) is 5.89. The summed E-state index contributed by atoms with van der Waals surface area (Å²) in [4.78, 5) is 26.3. The first-order valence-corrected chi connectivity index (χ1v) is 6.53. The van der Waals surface area contributed by atoms with Gasteiger partial charge in [0.2, 0.25) is 0 Å². The van der Waals surface area contributed by atoms with Crippen molar-refractivity contribution >= 4 is 18.1 Å². The molecule has 106 valence electrons. The van der Waals surface area contributed by atoms with E-state index in [4.69, 9.17) is 10.3 Å². The van der Waals surface area contributed by atoms with Crippen LogP contribution >= 0.6 is 0 Å². The van der Waals surface area contributed by atoms with E-state index in [1.807, 2.05) is 20.8 Å². The quantitative estimate of drug-likeness (QED) is 0.479. The van der Waals surface area contributed by atoms with Crippen LogP contribution in [0.4, 0.5) is 4.79 Å². The van der Waals surface area contributed by atoms with Gasteiger partial charge in [-0.25, -0.2) is 4.79 Å². The van der Waals surface area contributed by atoms with Crippen LogP contribution in [0.25, 0.3) is 5.53 Å². The van der Waals surface area contributed by atoms with E-state index < -0.39 is 23.5 Å². The minimum absolute atomic E-state index is 0.0104. The number of alkyl carbamates (subject to hydrolysis) is 1. The standard InChI is InChI=1S/C13H21N3O3/c1-13(2,3)16-12(18)19-11(10(17)8-15-14)9-6-4-5-7-9/h8-9,11H,4-7H2,1-3H3,(H,16,18)/t11-/m0/s1. The molecular formula is C13H21N3O3. The van der Waals surface area contributed by atoms with Gasteiger partial charge in [0.25, 0.3) is 5.78 Å². The molecule has 1 atom stereocenters. The van der Waals surface area contributed by atoms with Crippen molar-refractivity contribution in [1.82, 2.24) is 5.32 Å². The van der Waals surface area contributed by atoms with Crippen molar-refractivity contribution in [1.29, 1.82) is 0 Å². The second kappa shape index (κ2) is 6.48. The molecule has 0 unspecified atom stereocenters. The molecule has 19 heavy (non-hydrogen) atoms. The van der Waals surface area contributed by atoms with E-state index in [0.29, 0.717) is 0 Å². The monoisotopic (exact) mass is 267 g/mol. The van der Waals surface area contributed by atoms with Crippen LogP contribution in [0.5, 0.6) is 0 Å². The van der Waals surface area contributed by atoms with E-state index >= 15 is 0 Å². The highest BCUT2D eigenvalue weighted by molar-refractivity contribution is 6.27. The zero-order valence-electron chi connectivity index (χ0n) is 11.7. The molecule has 1 fully saturated rings. The smallest absolute Gasteiger partial charge is 0.408 e. The first-order chi connectivity index (χ1) is 8.83. The molecule has 1 rings (SSSR count). The lowest BCUT2D eigenvalue weighted by atomic mass is 9.97. The summed E-state index contributed by atoms with van der Waals surface area (Å²) in [5.41, 5.74) is 8.02. The first-order valence-electron chi connectivity index (χ1n) is 6.53. The van der Waals surface area contributed by atoms with Crippen LogP contribution in [-0.4, -0.2) is 34.5 Å². The van der Waals surface area contributed by atoms with Crippen molar-refractivity contribution in [2.75, 3.05) is 0 Å². The average molecular weight is 267 g/mol. The Morgan fingerprint density at radius 1 is 1.37 bits per heavy atom. The largest absolute Gasteiger partial charge is 0.437 e. The molecule has 1 aliphatic rings. The van der Waals surface area contributed by atoms with Crippen LogP contribution in [0.3, 0.4) is 0 Å². The lowest BCUT2D eigenvalue weighted by molar-refractivity contribution is -0.126. The highest BCUT2D eigenvalue weighted by atomic mass is 16.6. The lowest BCUT2D eigenvalue weighted by Gasteiger charge is -2.24. The summed E-state index contributed by atoms with van der Waals surface area (Å²) in [7, 11) is 0. The number of nitrogens with one attached hydrogen (secondary N) is 1. The highest BCUT2D eigenvalue weighted by Gasteiger charge is 2.35. The molecule has 1 aliphatic carbocycles. The molecule has 0 radical (unpaired) electrons. The van der Waals surface area contributed by atoms with Crippen molar-refractivity contribution in [3.8, 4) is 0 Å². The summed E-state index contributed by atoms with van der Waals surface area (Å²) >= 11 is 0. The predicted molar refractivity (Wildman–Crippen MR) is 69.8 cm³/mol. The van der Waals surface area contributed by atoms with E-state index in [2.05, 4.69) is 10.1 Å². The SMILES string of the molecule is CC(C)(C)NC(=O)O[C@H](C(=O)C=[N+]=[N-])C1CCCC1. The number of ether oxygens (including phenoxy) is 1. The van der Waals surface area contributed by atoms with Crippen LogP contribution in [-0.2, 0) is 9.53 Å². The third-order valence-corrected chi connectivity index (χ3v) is 3.00. The molecule has 6 heteroatoms. The number of ketones is 1. The van der Waals surface area contributed by atoms with E-state index in [1.165, 1.54) is 0 Å². The maximum absolute atomic E-state index is 11.8. The third-order valence-electron chi connectivity index (χ3n) is 3.00. The first kappa shape index (κ1) is 15.4. The molecule has 0 saturated heterocycles. The number of amides is 1. The molecule has 1 amide bonds. The molecule has 0 heterocycles. The topological polar surface area (TPSA) is 91.8 Å². The summed E-state index contributed by atoms with van der Waals surface area (Å²) in [6.07, 6.45) is 3.05. The minimum atomic E-state index is -0.860. The van der Waals surface area contributed by atoms with Crippen molar-refractivity contribution in [2.45, 2.75) is 58.1 Å². The summed E-state index contributed by atoms with van der Waals surface area (Å²) in [6.45, 7) is 5.49. The molecule has 0 spiro atoms. The van der Waals surface area contributed by atoms with Gasteiger partial charge in [-0.3, -0.25) is 4.79 Å². The lowest BCUT2D eigenvalue weighted by Crippen LogP contribution is -2.45. The zero-order chi connectivity index (χ0) is 14.5.